The number of carbonyl (C=O) groups excluding carboxylic acids is 1. The molecule has 0 bridgehead atoms. The van der Waals surface area contributed by atoms with Crippen LogP contribution in [0.5, 0.6) is 0 Å². The molecule has 2 aromatic heterocycles. The van der Waals surface area contributed by atoms with Gasteiger partial charge in [-0.15, -0.1) is 5.10 Å². The minimum Gasteiger partial charge on any atom is -0.466 e. The van der Waals surface area contributed by atoms with Crippen LogP contribution in [-0.2, 0) is 37.5 Å². The number of carbonyl (C=O) groups is 1. The molecule has 182 valence electrons. The zero-order valence-electron chi connectivity index (χ0n) is 18.7. The molecule has 1 saturated heterocycles. The van der Waals surface area contributed by atoms with Gasteiger partial charge in [-0.2, -0.15) is 8.42 Å². The number of halogens is 2. The molecule has 1 unspecified atom stereocenters. The van der Waals surface area contributed by atoms with Crippen molar-refractivity contribution >= 4 is 21.8 Å². The minimum atomic E-state index is -3.73. The lowest BCUT2D eigenvalue weighted by Gasteiger charge is -2.35. The van der Waals surface area contributed by atoms with Gasteiger partial charge in [-0.05, 0) is 37.8 Å². The molecule has 13 heteroatoms. The summed E-state index contributed by atoms with van der Waals surface area (Å²) in [5, 5.41) is 7.80. The van der Waals surface area contributed by atoms with Gasteiger partial charge in [-0.3, -0.25) is 8.98 Å². The second-order valence-corrected chi connectivity index (χ2v) is 9.48. The smallest absolute Gasteiger partial charge is 0.306 e. The van der Waals surface area contributed by atoms with Gasteiger partial charge < -0.3 is 9.64 Å². The van der Waals surface area contributed by atoms with E-state index in [-0.39, 0.29) is 42.0 Å². The lowest BCUT2D eigenvalue weighted by molar-refractivity contribution is -0.144. The Kier molecular flexibility index (Phi) is 7.95. The van der Waals surface area contributed by atoms with Crippen LogP contribution in [-0.4, -0.2) is 60.3 Å². The molecule has 0 saturated carbocycles. The second kappa shape index (κ2) is 10.5. The molecule has 2 aromatic rings. The van der Waals surface area contributed by atoms with Crippen molar-refractivity contribution in [2.45, 2.75) is 39.2 Å². The fraction of sp³-hybridized carbons (Fsp3) is 0.600. The summed E-state index contributed by atoms with van der Waals surface area (Å²) in [6.07, 6.45) is -0.132. The maximum absolute atomic E-state index is 14.0. The van der Waals surface area contributed by atoms with E-state index in [1.165, 1.54) is 11.7 Å². The number of pyridine rings is 1. The van der Waals surface area contributed by atoms with Gasteiger partial charge in [-0.1, -0.05) is 5.21 Å². The average Bonchev–Trinajstić information content (AvgIpc) is 3.12. The summed E-state index contributed by atoms with van der Waals surface area (Å²) in [5.41, 5.74) is 0.459. The van der Waals surface area contributed by atoms with E-state index in [4.69, 9.17) is 8.92 Å². The van der Waals surface area contributed by atoms with E-state index in [1.807, 2.05) is 4.90 Å². The first kappa shape index (κ1) is 25.0. The van der Waals surface area contributed by atoms with Crippen LogP contribution in [0, 0.1) is 5.92 Å². The number of alkyl halides is 2. The van der Waals surface area contributed by atoms with Gasteiger partial charge in [0.1, 0.15) is 18.0 Å². The highest BCUT2D eigenvalue weighted by atomic mass is 32.2. The first-order chi connectivity index (χ1) is 15.6. The highest BCUT2D eigenvalue weighted by Gasteiger charge is 2.28. The molecule has 3 rings (SSSR count). The van der Waals surface area contributed by atoms with Crippen molar-refractivity contribution < 1.29 is 30.9 Å². The zero-order valence-corrected chi connectivity index (χ0v) is 19.5. The quantitative estimate of drug-likeness (QED) is 0.388. The third kappa shape index (κ3) is 6.44. The summed E-state index contributed by atoms with van der Waals surface area (Å²) in [6, 6.07) is 3.09. The molecule has 1 aliphatic rings. The minimum absolute atomic E-state index is 0.00253. The molecule has 1 aliphatic heterocycles. The first-order valence-corrected chi connectivity index (χ1v) is 12.3. The SMILES string of the molecule is CCOC(=O)CC1CCCN(c2ccc(-c3nnn(C)c3COS(C)(=O)=O)nc2C(F)F)C1. The van der Waals surface area contributed by atoms with Crippen LogP contribution in [0.2, 0.25) is 0 Å². The van der Waals surface area contributed by atoms with Crippen LogP contribution in [0.3, 0.4) is 0 Å². The molecular weight excluding hydrogens is 460 g/mol. The van der Waals surface area contributed by atoms with E-state index in [9.17, 15) is 22.0 Å². The predicted octanol–water partition coefficient (Wildman–Crippen LogP) is 2.46. The topological polar surface area (TPSA) is 117 Å². The van der Waals surface area contributed by atoms with E-state index in [1.54, 1.807) is 19.1 Å². The summed E-state index contributed by atoms with van der Waals surface area (Å²) in [7, 11) is -2.19. The highest BCUT2D eigenvalue weighted by Crippen LogP contribution is 2.34. The number of nitrogens with zero attached hydrogens (tertiary/aromatic N) is 5. The molecule has 3 heterocycles. The maximum atomic E-state index is 14.0. The number of rotatable bonds is 9. The Morgan fingerprint density at radius 3 is 2.76 bits per heavy atom. The Labute approximate surface area is 191 Å². The Hall–Kier alpha value is -2.67. The number of piperidine rings is 1. The Morgan fingerprint density at radius 1 is 1.33 bits per heavy atom. The molecule has 0 aromatic carbocycles. The monoisotopic (exact) mass is 487 g/mol. The number of ether oxygens (including phenoxy) is 1. The zero-order chi connectivity index (χ0) is 24.2. The van der Waals surface area contributed by atoms with Crippen molar-refractivity contribution in [3.05, 3.63) is 23.5 Å². The maximum Gasteiger partial charge on any atom is 0.306 e. The largest absolute Gasteiger partial charge is 0.466 e. The van der Waals surface area contributed by atoms with E-state index >= 15 is 0 Å². The predicted molar refractivity (Wildman–Crippen MR) is 115 cm³/mol. The van der Waals surface area contributed by atoms with Crippen LogP contribution >= 0.6 is 0 Å². The Bertz CT molecular complexity index is 1090. The van der Waals surface area contributed by atoms with Gasteiger partial charge >= 0.3 is 5.97 Å². The lowest BCUT2D eigenvalue weighted by atomic mass is 9.94. The summed E-state index contributed by atoms with van der Waals surface area (Å²) >= 11 is 0. The fourth-order valence-electron chi connectivity index (χ4n) is 3.83. The van der Waals surface area contributed by atoms with Crippen molar-refractivity contribution in [1.29, 1.82) is 0 Å². The van der Waals surface area contributed by atoms with Crippen molar-refractivity contribution in [3.63, 3.8) is 0 Å². The molecule has 0 N–H and O–H groups in total. The van der Waals surface area contributed by atoms with Crippen LogP contribution in [0.25, 0.3) is 11.4 Å². The Morgan fingerprint density at radius 2 is 2.09 bits per heavy atom. The molecule has 10 nitrogen and oxygen atoms in total. The molecule has 0 amide bonds. The van der Waals surface area contributed by atoms with Crippen molar-refractivity contribution in [2.75, 3.05) is 30.9 Å². The van der Waals surface area contributed by atoms with Gasteiger partial charge in [0, 0.05) is 20.1 Å². The number of hydrogen-bond donors (Lipinski definition) is 0. The number of aromatic nitrogens is 4. The number of anilines is 1. The van der Waals surface area contributed by atoms with E-state index in [0.717, 1.165) is 19.1 Å². The van der Waals surface area contributed by atoms with E-state index in [0.29, 0.717) is 25.4 Å². The van der Waals surface area contributed by atoms with Crippen LogP contribution < -0.4 is 4.90 Å². The van der Waals surface area contributed by atoms with Crippen molar-refractivity contribution in [3.8, 4) is 11.4 Å². The van der Waals surface area contributed by atoms with Gasteiger partial charge in [0.25, 0.3) is 16.5 Å². The standard InChI is InChI=1S/C20H27F2N5O5S/c1-4-31-17(28)10-13-6-5-9-27(11-13)15-8-7-14(23-19(15)20(21)22)18-16(26(2)25-24-18)12-32-33(3,29)30/h7-8,13,20H,4-6,9-12H2,1-3H3. The van der Waals surface area contributed by atoms with Gasteiger partial charge in [0.15, 0.2) is 0 Å². The fourth-order valence-corrected chi connectivity index (χ4v) is 4.16. The molecule has 0 aliphatic carbocycles. The number of esters is 1. The highest BCUT2D eigenvalue weighted by molar-refractivity contribution is 7.85. The second-order valence-electron chi connectivity index (χ2n) is 7.84. The molecule has 33 heavy (non-hydrogen) atoms. The van der Waals surface area contributed by atoms with Crippen molar-refractivity contribution in [2.24, 2.45) is 13.0 Å². The molecular formula is C20H27F2N5O5S. The normalized spacial score (nSPS) is 16.9. The third-order valence-electron chi connectivity index (χ3n) is 5.32. The van der Waals surface area contributed by atoms with Crippen LogP contribution in [0.4, 0.5) is 14.5 Å². The van der Waals surface area contributed by atoms with Crippen molar-refractivity contribution in [1.82, 2.24) is 20.0 Å². The summed E-state index contributed by atoms with van der Waals surface area (Å²) in [6.45, 7) is 2.70. The lowest BCUT2D eigenvalue weighted by Crippen LogP contribution is -2.37. The van der Waals surface area contributed by atoms with E-state index in [2.05, 4.69) is 15.3 Å². The molecule has 1 fully saturated rings. The number of hydrogen-bond acceptors (Lipinski definition) is 9. The molecule has 1 atom stereocenters. The number of aryl methyl sites for hydroxylation is 1. The first-order valence-electron chi connectivity index (χ1n) is 10.5. The van der Waals surface area contributed by atoms with Gasteiger partial charge in [0.2, 0.25) is 0 Å². The van der Waals surface area contributed by atoms with E-state index < -0.39 is 22.2 Å². The molecule has 0 radical (unpaired) electrons. The average molecular weight is 488 g/mol. The van der Waals surface area contributed by atoms with Crippen LogP contribution in [0.15, 0.2) is 12.1 Å². The summed E-state index contributed by atoms with van der Waals surface area (Å²) in [4.78, 5) is 17.8. The Balaban J connectivity index is 1.87. The molecule has 0 spiro atoms. The van der Waals surface area contributed by atoms with Crippen LogP contribution in [0.1, 0.15) is 44.0 Å². The third-order valence-corrected chi connectivity index (χ3v) is 5.87. The van der Waals surface area contributed by atoms with Gasteiger partial charge in [0.05, 0.1) is 36.4 Å². The van der Waals surface area contributed by atoms with Gasteiger partial charge in [-0.25, -0.2) is 18.4 Å². The summed E-state index contributed by atoms with van der Waals surface area (Å²) in [5.74, 6) is -0.291. The summed E-state index contributed by atoms with van der Waals surface area (Å²) < 4.78 is 61.8.